The Bertz CT molecular complexity index is 654. The van der Waals surface area contributed by atoms with Gasteiger partial charge in [-0.2, -0.15) is 0 Å². The molecule has 0 amide bonds. The molecule has 2 rings (SSSR count). The molecule has 0 spiro atoms. The summed E-state index contributed by atoms with van der Waals surface area (Å²) in [6.45, 7) is 7.32. The van der Waals surface area contributed by atoms with Crippen molar-refractivity contribution in [2.75, 3.05) is 0 Å². The molecule has 1 aliphatic carbocycles. The Morgan fingerprint density at radius 3 is 1.76 bits per heavy atom. The van der Waals surface area contributed by atoms with E-state index in [1.807, 2.05) is 0 Å². The van der Waals surface area contributed by atoms with E-state index in [0.717, 1.165) is 41.2 Å². The molecule has 0 atom stereocenters. The molecule has 1 aromatic heterocycles. The maximum absolute atomic E-state index is 12.5. The van der Waals surface area contributed by atoms with Gasteiger partial charge in [0, 0.05) is 6.04 Å². The summed E-state index contributed by atoms with van der Waals surface area (Å²) in [5.74, 6) is 0. The minimum Gasteiger partial charge on any atom is -0.247 e. The van der Waals surface area contributed by atoms with Gasteiger partial charge in [-0.1, -0.05) is 31.4 Å². The normalized spacial score (nSPS) is 15.8. The maximum Gasteiger partial charge on any atom is 0.336 e. The largest absolute Gasteiger partial charge is 0.336 e. The van der Waals surface area contributed by atoms with Gasteiger partial charge in [0.05, 0.1) is 13.1 Å². The molecular formula is C15H21N3O3. The first-order valence-electron chi connectivity index (χ1n) is 7.29. The Kier molecular flexibility index (Phi) is 4.77. The van der Waals surface area contributed by atoms with E-state index in [1.165, 1.54) is 16.7 Å². The number of rotatable bonds is 5. The zero-order valence-corrected chi connectivity index (χ0v) is 12.2. The molecule has 1 saturated carbocycles. The van der Waals surface area contributed by atoms with Crippen molar-refractivity contribution in [3.05, 3.63) is 56.8 Å². The fourth-order valence-electron chi connectivity index (χ4n) is 2.87. The predicted octanol–water partition coefficient (Wildman–Crippen LogP) is 1.05. The monoisotopic (exact) mass is 291 g/mol. The molecule has 21 heavy (non-hydrogen) atoms. The van der Waals surface area contributed by atoms with Crippen LogP contribution in [0.5, 0.6) is 0 Å². The standard InChI is InChI=1S/C15H21N3O3/c1-3-10-16-13(19)17(11-4-2)15(21)18(14(16)20)12-8-6-5-7-9-12/h3-4,12H,1-2,5-11H2. The van der Waals surface area contributed by atoms with E-state index in [0.29, 0.717) is 0 Å². The SMILES string of the molecule is C=CCn1c(=O)n(CC=C)c(=O)n(C2CCCCC2)c1=O. The molecule has 0 unspecified atom stereocenters. The minimum atomic E-state index is -0.600. The molecule has 1 aromatic rings. The lowest BCUT2D eigenvalue weighted by Gasteiger charge is -2.24. The number of hydrogen-bond acceptors (Lipinski definition) is 3. The van der Waals surface area contributed by atoms with Crippen molar-refractivity contribution in [3.8, 4) is 0 Å². The van der Waals surface area contributed by atoms with E-state index in [1.54, 1.807) is 0 Å². The smallest absolute Gasteiger partial charge is 0.247 e. The first-order chi connectivity index (χ1) is 10.1. The fraction of sp³-hybridized carbons (Fsp3) is 0.533. The molecule has 1 fully saturated rings. The molecule has 0 radical (unpaired) electrons. The zero-order valence-electron chi connectivity index (χ0n) is 12.2. The summed E-state index contributed by atoms with van der Waals surface area (Å²) >= 11 is 0. The summed E-state index contributed by atoms with van der Waals surface area (Å²) in [7, 11) is 0. The highest BCUT2D eigenvalue weighted by Gasteiger charge is 2.22. The van der Waals surface area contributed by atoms with Gasteiger partial charge in [-0.15, -0.1) is 13.2 Å². The van der Waals surface area contributed by atoms with Gasteiger partial charge >= 0.3 is 17.1 Å². The van der Waals surface area contributed by atoms with Crippen LogP contribution in [0.4, 0.5) is 0 Å². The van der Waals surface area contributed by atoms with Gasteiger partial charge in [0.1, 0.15) is 0 Å². The molecule has 1 heterocycles. The molecule has 6 nitrogen and oxygen atoms in total. The molecule has 0 N–H and O–H groups in total. The number of nitrogens with zero attached hydrogens (tertiary/aromatic N) is 3. The third kappa shape index (κ3) is 2.84. The van der Waals surface area contributed by atoms with E-state index < -0.39 is 17.1 Å². The van der Waals surface area contributed by atoms with E-state index in [4.69, 9.17) is 0 Å². The molecule has 6 heteroatoms. The number of aromatic nitrogens is 3. The number of hydrogen-bond donors (Lipinski definition) is 0. The molecular weight excluding hydrogens is 270 g/mol. The first kappa shape index (κ1) is 15.3. The molecule has 114 valence electrons. The van der Waals surface area contributed by atoms with Crippen LogP contribution in [0.1, 0.15) is 38.1 Å². The third-order valence-corrected chi connectivity index (χ3v) is 3.90. The van der Waals surface area contributed by atoms with Crippen LogP contribution in [0, 0.1) is 0 Å². The molecule has 0 bridgehead atoms. The van der Waals surface area contributed by atoms with Crippen molar-refractivity contribution < 1.29 is 0 Å². The van der Waals surface area contributed by atoms with Gasteiger partial charge in [-0.25, -0.2) is 28.1 Å². The molecule has 0 saturated heterocycles. The van der Waals surface area contributed by atoms with E-state index in [-0.39, 0.29) is 19.1 Å². The summed E-state index contributed by atoms with van der Waals surface area (Å²) in [5, 5.41) is 0. The van der Waals surface area contributed by atoms with Crippen molar-refractivity contribution in [1.82, 2.24) is 13.7 Å². The first-order valence-corrected chi connectivity index (χ1v) is 7.29. The Balaban J connectivity index is 2.70. The molecule has 0 aromatic carbocycles. The second-order valence-corrected chi connectivity index (χ2v) is 5.31. The van der Waals surface area contributed by atoms with Crippen molar-refractivity contribution >= 4 is 0 Å². The van der Waals surface area contributed by atoms with Crippen LogP contribution in [-0.2, 0) is 13.1 Å². The lowest BCUT2D eigenvalue weighted by molar-refractivity contribution is 0.313. The third-order valence-electron chi connectivity index (χ3n) is 3.90. The van der Waals surface area contributed by atoms with Gasteiger partial charge in [0.15, 0.2) is 0 Å². The second-order valence-electron chi connectivity index (χ2n) is 5.31. The average Bonchev–Trinajstić information content (AvgIpc) is 2.49. The van der Waals surface area contributed by atoms with E-state index in [2.05, 4.69) is 13.2 Å². The topological polar surface area (TPSA) is 66.0 Å². The summed E-state index contributed by atoms with van der Waals surface area (Å²) in [5.41, 5.74) is -1.66. The molecule has 0 aliphatic heterocycles. The van der Waals surface area contributed by atoms with Crippen LogP contribution in [0.2, 0.25) is 0 Å². The summed E-state index contributed by atoms with van der Waals surface area (Å²) in [6, 6.07) is -0.119. The summed E-state index contributed by atoms with van der Waals surface area (Å²) in [6.07, 6.45) is 7.69. The van der Waals surface area contributed by atoms with Crippen LogP contribution >= 0.6 is 0 Å². The second kappa shape index (κ2) is 6.56. The highest BCUT2D eigenvalue weighted by Crippen LogP contribution is 2.25. The van der Waals surface area contributed by atoms with E-state index in [9.17, 15) is 14.4 Å². The average molecular weight is 291 g/mol. The Morgan fingerprint density at radius 1 is 0.857 bits per heavy atom. The minimum absolute atomic E-state index is 0.0990. The lowest BCUT2D eigenvalue weighted by atomic mass is 9.95. The van der Waals surface area contributed by atoms with E-state index >= 15 is 0 Å². The van der Waals surface area contributed by atoms with Crippen LogP contribution in [0.25, 0.3) is 0 Å². The van der Waals surface area contributed by atoms with Crippen molar-refractivity contribution in [1.29, 1.82) is 0 Å². The quantitative estimate of drug-likeness (QED) is 0.762. The van der Waals surface area contributed by atoms with Gasteiger partial charge in [0.2, 0.25) is 0 Å². The summed E-state index contributed by atoms with van der Waals surface area (Å²) in [4.78, 5) is 37.2. The van der Waals surface area contributed by atoms with Gasteiger partial charge in [-0.3, -0.25) is 0 Å². The van der Waals surface area contributed by atoms with Crippen molar-refractivity contribution in [2.45, 2.75) is 51.2 Å². The lowest BCUT2D eigenvalue weighted by Crippen LogP contribution is -2.55. The Hall–Kier alpha value is -2.11. The van der Waals surface area contributed by atoms with Crippen LogP contribution in [0.15, 0.2) is 39.7 Å². The van der Waals surface area contributed by atoms with Gasteiger partial charge in [0.25, 0.3) is 0 Å². The summed E-state index contributed by atoms with van der Waals surface area (Å²) < 4.78 is 3.37. The predicted molar refractivity (Wildman–Crippen MR) is 81.7 cm³/mol. The van der Waals surface area contributed by atoms with Gasteiger partial charge < -0.3 is 0 Å². The fourth-order valence-corrected chi connectivity index (χ4v) is 2.87. The maximum atomic E-state index is 12.5. The van der Waals surface area contributed by atoms with Crippen molar-refractivity contribution in [3.63, 3.8) is 0 Å². The van der Waals surface area contributed by atoms with Crippen LogP contribution in [-0.4, -0.2) is 13.7 Å². The number of allylic oxidation sites excluding steroid dienone is 2. The highest BCUT2D eigenvalue weighted by atomic mass is 16.2. The Morgan fingerprint density at radius 2 is 1.33 bits per heavy atom. The van der Waals surface area contributed by atoms with Crippen molar-refractivity contribution in [2.24, 2.45) is 0 Å². The van der Waals surface area contributed by atoms with Gasteiger partial charge in [-0.05, 0) is 12.8 Å². The molecule has 1 aliphatic rings. The Labute approximate surface area is 122 Å². The van der Waals surface area contributed by atoms with Crippen LogP contribution in [0.3, 0.4) is 0 Å². The highest BCUT2D eigenvalue weighted by molar-refractivity contribution is 4.88. The zero-order chi connectivity index (χ0) is 15.4. The van der Waals surface area contributed by atoms with Crippen LogP contribution < -0.4 is 17.1 Å².